The molecule has 13 N–H and O–H groups in total. The van der Waals surface area contributed by atoms with Gasteiger partial charge in [0, 0.05) is 19.4 Å². The molecular formula is C29H40N8O7. The number of benzene rings is 2. The summed E-state index contributed by atoms with van der Waals surface area (Å²) in [5.74, 6) is -4.50. The van der Waals surface area contributed by atoms with E-state index in [4.69, 9.17) is 22.9 Å². The summed E-state index contributed by atoms with van der Waals surface area (Å²) < 4.78 is 0. The van der Waals surface area contributed by atoms with Gasteiger partial charge < -0.3 is 49.1 Å². The van der Waals surface area contributed by atoms with Crippen LogP contribution < -0.4 is 38.9 Å². The average Bonchev–Trinajstić information content (AvgIpc) is 2.97. The standard InChI is InChI=1S/C29H40N8O7/c30-20(15-17-5-2-1-3-6-17)25(40)35-21(12-13-24(31)39)26(41)37-23(16-18-8-10-19(38)11-9-18)27(42)36-22(28(43)44)7-4-14-34-29(32)33/h1-3,5-6,8-11,20-23,38H,4,7,12-16,30H2,(H2,31,39)(H,35,40)(H,36,42)(H,37,41)(H,43,44)(H4,32,33,34). The summed E-state index contributed by atoms with van der Waals surface area (Å²) in [4.78, 5) is 66.8. The largest absolute Gasteiger partial charge is 0.508 e. The van der Waals surface area contributed by atoms with Gasteiger partial charge in [-0.05, 0) is 48.9 Å². The maximum Gasteiger partial charge on any atom is 0.326 e. The van der Waals surface area contributed by atoms with Crippen molar-refractivity contribution in [2.24, 2.45) is 27.9 Å². The third kappa shape index (κ3) is 12.8. The zero-order valence-electron chi connectivity index (χ0n) is 24.1. The second kappa shape index (κ2) is 17.7. The third-order valence-electron chi connectivity index (χ3n) is 6.52. The molecule has 0 bridgehead atoms. The highest BCUT2D eigenvalue weighted by Gasteiger charge is 2.30. The Morgan fingerprint density at radius 3 is 1.89 bits per heavy atom. The Balaban J connectivity index is 2.23. The van der Waals surface area contributed by atoms with E-state index in [2.05, 4.69) is 20.9 Å². The lowest BCUT2D eigenvalue weighted by molar-refractivity contribution is -0.142. The Kier molecular flexibility index (Phi) is 14.1. The highest BCUT2D eigenvalue weighted by atomic mass is 16.4. The fourth-order valence-corrected chi connectivity index (χ4v) is 4.18. The van der Waals surface area contributed by atoms with E-state index >= 15 is 0 Å². The number of hydrogen-bond donors (Lipinski definition) is 9. The van der Waals surface area contributed by atoms with Crippen LogP contribution in [0.25, 0.3) is 0 Å². The van der Waals surface area contributed by atoms with Gasteiger partial charge in [0.25, 0.3) is 0 Å². The summed E-state index contributed by atoms with van der Waals surface area (Å²) in [7, 11) is 0. The molecule has 0 aliphatic heterocycles. The normalized spacial score (nSPS) is 13.4. The van der Waals surface area contributed by atoms with Crippen LogP contribution in [0.2, 0.25) is 0 Å². The fraction of sp³-hybridized carbons (Fsp3) is 0.379. The van der Waals surface area contributed by atoms with Crippen molar-refractivity contribution in [3.05, 3.63) is 65.7 Å². The number of carboxylic acid groups (broad SMARTS) is 1. The quantitative estimate of drug-likeness (QED) is 0.0526. The number of carbonyl (C=O) groups is 5. The predicted octanol–water partition coefficient (Wildman–Crippen LogP) is -1.64. The molecule has 0 saturated heterocycles. The molecule has 4 amide bonds. The minimum Gasteiger partial charge on any atom is -0.508 e. The van der Waals surface area contributed by atoms with Gasteiger partial charge >= 0.3 is 5.97 Å². The van der Waals surface area contributed by atoms with Crippen molar-refractivity contribution >= 4 is 35.6 Å². The van der Waals surface area contributed by atoms with Crippen molar-refractivity contribution in [2.75, 3.05) is 6.54 Å². The fourth-order valence-electron chi connectivity index (χ4n) is 4.18. The third-order valence-corrected chi connectivity index (χ3v) is 6.52. The maximum atomic E-state index is 13.4. The smallest absolute Gasteiger partial charge is 0.326 e. The van der Waals surface area contributed by atoms with Crippen molar-refractivity contribution in [3.8, 4) is 5.75 Å². The highest BCUT2D eigenvalue weighted by molar-refractivity contribution is 5.94. The number of aliphatic carboxylic acids is 1. The molecule has 44 heavy (non-hydrogen) atoms. The van der Waals surface area contributed by atoms with Crippen LogP contribution in [0.15, 0.2) is 59.6 Å². The molecule has 0 fully saturated rings. The average molecular weight is 613 g/mol. The summed E-state index contributed by atoms with van der Waals surface area (Å²) in [6, 6.07) is 9.88. The molecule has 0 radical (unpaired) electrons. The molecule has 0 saturated carbocycles. The molecule has 0 aliphatic carbocycles. The van der Waals surface area contributed by atoms with Gasteiger partial charge in [-0.2, -0.15) is 0 Å². The van der Waals surface area contributed by atoms with E-state index in [1.165, 1.54) is 24.3 Å². The molecular weight excluding hydrogens is 572 g/mol. The van der Waals surface area contributed by atoms with Crippen LogP contribution >= 0.6 is 0 Å². The number of carboxylic acids is 1. The lowest BCUT2D eigenvalue weighted by atomic mass is 10.0. The number of aliphatic imine (C=N–C) groups is 1. The number of hydrogen-bond acceptors (Lipinski definition) is 8. The number of phenols is 1. The number of nitrogens with one attached hydrogen (secondary N) is 3. The van der Waals surface area contributed by atoms with Crippen LogP contribution in [0.3, 0.4) is 0 Å². The molecule has 238 valence electrons. The van der Waals surface area contributed by atoms with Crippen molar-refractivity contribution in [2.45, 2.75) is 62.7 Å². The van der Waals surface area contributed by atoms with Crippen molar-refractivity contribution in [1.82, 2.24) is 16.0 Å². The monoisotopic (exact) mass is 612 g/mol. The molecule has 0 aliphatic rings. The Morgan fingerprint density at radius 2 is 1.30 bits per heavy atom. The SMILES string of the molecule is NC(=O)CCC(NC(=O)C(N)Cc1ccccc1)C(=O)NC(Cc1ccc(O)cc1)C(=O)NC(CCCN=C(N)N)C(=O)O. The first-order valence-corrected chi connectivity index (χ1v) is 13.9. The maximum absolute atomic E-state index is 13.4. The van der Waals surface area contributed by atoms with E-state index in [1.54, 1.807) is 24.3 Å². The first kappa shape index (κ1) is 35.0. The van der Waals surface area contributed by atoms with E-state index in [0.717, 1.165) is 5.56 Å². The van der Waals surface area contributed by atoms with E-state index in [9.17, 15) is 34.2 Å². The van der Waals surface area contributed by atoms with Crippen LogP contribution in [0.5, 0.6) is 5.75 Å². The van der Waals surface area contributed by atoms with Gasteiger partial charge in [-0.1, -0.05) is 42.5 Å². The van der Waals surface area contributed by atoms with E-state index < -0.39 is 53.8 Å². The van der Waals surface area contributed by atoms with Crippen LogP contribution in [-0.4, -0.2) is 76.5 Å². The van der Waals surface area contributed by atoms with Crippen LogP contribution in [-0.2, 0) is 36.8 Å². The minimum atomic E-state index is -1.32. The van der Waals surface area contributed by atoms with Crippen LogP contribution in [0, 0.1) is 0 Å². The molecule has 0 aromatic heterocycles. The summed E-state index contributed by atoms with van der Waals surface area (Å²) in [5, 5.41) is 26.8. The Hall–Kier alpha value is -5.18. The Morgan fingerprint density at radius 1 is 0.727 bits per heavy atom. The number of guanidine groups is 1. The zero-order valence-corrected chi connectivity index (χ0v) is 24.1. The number of rotatable bonds is 18. The summed E-state index contributed by atoms with van der Waals surface area (Å²) in [5.41, 5.74) is 23.3. The molecule has 15 nitrogen and oxygen atoms in total. The number of primary amides is 1. The van der Waals surface area contributed by atoms with E-state index in [1.807, 2.05) is 6.07 Å². The lowest BCUT2D eigenvalue weighted by Gasteiger charge is -2.25. The van der Waals surface area contributed by atoms with Gasteiger partial charge in [0.2, 0.25) is 23.6 Å². The van der Waals surface area contributed by atoms with Crippen molar-refractivity contribution in [3.63, 3.8) is 0 Å². The van der Waals surface area contributed by atoms with Gasteiger partial charge in [0.15, 0.2) is 5.96 Å². The molecule has 0 spiro atoms. The van der Waals surface area contributed by atoms with Gasteiger partial charge in [-0.3, -0.25) is 24.2 Å². The lowest BCUT2D eigenvalue weighted by Crippen LogP contribution is -2.57. The number of aromatic hydroxyl groups is 1. The minimum absolute atomic E-state index is 0.00563. The van der Waals surface area contributed by atoms with Gasteiger partial charge in [0.05, 0.1) is 6.04 Å². The molecule has 4 atom stereocenters. The predicted molar refractivity (Wildman–Crippen MR) is 162 cm³/mol. The first-order valence-electron chi connectivity index (χ1n) is 13.9. The number of carbonyl (C=O) groups excluding carboxylic acids is 4. The van der Waals surface area contributed by atoms with Crippen LogP contribution in [0.4, 0.5) is 0 Å². The summed E-state index contributed by atoms with van der Waals surface area (Å²) >= 11 is 0. The van der Waals surface area contributed by atoms with E-state index in [-0.39, 0.29) is 56.8 Å². The molecule has 0 heterocycles. The topological polar surface area (TPSA) is 278 Å². The molecule has 2 aromatic rings. The second-order valence-electron chi connectivity index (χ2n) is 10.1. The highest BCUT2D eigenvalue weighted by Crippen LogP contribution is 2.13. The molecule has 15 heteroatoms. The molecule has 4 unspecified atom stereocenters. The van der Waals surface area contributed by atoms with Gasteiger partial charge in [-0.15, -0.1) is 0 Å². The molecule has 2 rings (SSSR count). The van der Waals surface area contributed by atoms with Gasteiger partial charge in [-0.25, -0.2) is 4.79 Å². The number of phenolic OH excluding ortho intramolecular Hbond substituents is 1. The molecule has 2 aromatic carbocycles. The number of nitrogens with two attached hydrogens (primary N) is 4. The number of nitrogens with zero attached hydrogens (tertiary/aromatic N) is 1. The van der Waals surface area contributed by atoms with E-state index in [0.29, 0.717) is 5.56 Å². The Bertz CT molecular complexity index is 1300. The van der Waals surface area contributed by atoms with Crippen molar-refractivity contribution < 1.29 is 34.2 Å². The summed E-state index contributed by atoms with van der Waals surface area (Å²) in [6.07, 6.45) is -0.105. The summed E-state index contributed by atoms with van der Waals surface area (Å²) in [6.45, 7) is 0.142. The number of amides is 4. The zero-order chi connectivity index (χ0) is 32.6. The van der Waals surface area contributed by atoms with Crippen LogP contribution in [0.1, 0.15) is 36.8 Å². The first-order chi connectivity index (χ1) is 20.8. The van der Waals surface area contributed by atoms with Gasteiger partial charge in [0.1, 0.15) is 23.9 Å². The second-order valence-corrected chi connectivity index (χ2v) is 10.1. The van der Waals surface area contributed by atoms with Crippen molar-refractivity contribution in [1.29, 1.82) is 0 Å². The Labute approximate surface area is 254 Å².